The summed E-state index contributed by atoms with van der Waals surface area (Å²) < 4.78 is 1.19. The lowest BCUT2D eigenvalue weighted by atomic mass is 10.0. The lowest BCUT2D eigenvalue weighted by Crippen LogP contribution is -2.34. The average molecular weight is 325 g/mol. The van der Waals surface area contributed by atoms with Gasteiger partial charge < -0.3 is 0 Å². The highest BCUT2D eigenvalue weighted by atomic mass is 32.1. The molecule has 0 spiro atoms. The van der Waals surface area contributed by atoms with Gasteiger partial charge in [0.05, 0.1) is 11.5 Å². The van der Waals surface area contributed by atoms with E-state index in [4.69, 9.17) is 5.26 Å². The van der Waals surface area contributed by atoms with Crippen LogP contribution in [-0.2, 0) is 6.54 Å². The predicted molar refractivity (Wildman–Crippen MR) is 91.7 cm³/mol. The Labute approximate surface area is 136 Å². The van der Waals surface area contributed by atoms with E-state index >= 15 is 0 Å². The Morgan fingerprint density at radius 3 is 2.70 bits per heavy atom. The fraction of sp³-hybridized carbons (Fsp3) is 0.235. The van der Waals surface area contributed by atoms with Crippen LogP contribution in [0.3, 0.4) is 0 Å². The van der Waals surface area contributed by atoms with Gasteiger partial charge in [-0.1, -0.05) is 30.3 Å². The van der Waals surface area contributed by atoms with Crippen molar-refractivity contribution in [2.45, 2.75) is 26.3 Å². The Balaban J connectivity index is 2.25. The molecule has 23 heavy (non-hydrogen) atoms. The van der Waals surface area contributed by atoms with Crippen LogP contribution in [0, 0.1) is 18.3 Å². The molecule has 0 aliphatic carbocycles. The second-order valence-electron chi connectivity index (χ2n) is 5.25. The van der Waals surface area contributed by atoms with Crippen molar-refractivity contribution >= 4 is 21.6 Å². The monoisotopic (exact) mass is 325 g/mol. The van der Waals surface area contributed by atoms with Crippen molar-refractivity contribution in [3.63, 3.8) is 0 Å². The van der Waals surface area contributed by atoms with Gasteiger partial charge in [0.25, 0.3) is 5.56 Å². The van der Waals surface area contributed by atoms with E-state index in [0.29, 0.717) is 23.1 Å². The zero-order chi connectivity index (χ0) is 16.4. The highest BCUT2D eigenvalue weighted by molar-refractivity contribution is 7.19. The first kappa shape index (κ1) is 15.3. The topological polar surface area (TPSA) is 78.7 Å². The molecule has 1 aromatic carbocycles. The van der Waals surface area contributed by atoms with Crippen molar-refractivity contribution in [2.75, 3.05) is 0 Å². The minimum absolute atomic E-state index is 0.251. The number of nitrogens with one attached hydrogen (secondary N) is 1. The normalized spacial score (nSPS) is 10.8. The van der Waals surface area contributed by atoms with Gasteiger partial charge in [-0.05, 0) is 18.9 Å². The quantitative estimate of drug-likeness (QED) is 0.749. The molecule has 0 bridgehead atoms. The molecule has 5 nitrogen and oxygen atoms in total. The van der Waals surface area contributed by atoms with E-state index < -0.39 is 5.69 Å². The van der Waals surface area contributed by atoms with Crippen LogP contribution in [0.5, 0.6) is 0 Å². The van der Waals surface area contributed by atoms with Gasteiger partial charge in [-0.3, -0.25) is 14.3 Å². The number of benzene rings is 1. The molecule has 2 heterocycles. The third-order valence-electron chi connectivity index (χ3n) is 3.74. The van der Waals surface area contributed by atoms with Gasteiger partial charge in [-0.2, -0.15) is 5.26 Å². The summed E-state index contributed by atoms with van der Waals surface area (Å²) in [5.74, 6) is 0. The van der Waals surface area contributed by atoms with Gasteiger partial charge in [-0.25, -0.2) is 4.79 Å². The average Bonchev–Trinajstić information content (AvgIpc) is 2.87. The number of H-pyrrole nitrogens is 1. The van der Waals surface area contributed by atoms with E-state index in [2.05, 4.69) is 4.98 Å². The number of aryl methyl sites for hydroxylation is 1. The number of aromatic amines is 1. The standard InChI is InChI=1S/C17H15N3O2S/c1-11-13(12-7-3-2-4-8-12)14-15(23-11)19-17(22)20(16(14)21)10-6-5-9-18/h2-4,7-8H,5-6,10H2,1H3,(H,19,22). The molecule has 6 heteroatoms. The molecule has 0 fully saturated rings. The number of nitriles is 1. The maximum atomic E-state index is 12.8. The zero-order valence-corrected chi connectivity index (χ0v) is 13.4. The number of rotatable bonds is 4. The Bertz CT molecular complexity index is 1010. The van der Waals surface area contributed by atoms with E-state index in [-0.39, 0.29) is 12.1 Å². The molecule has 0 amide bonds. The summed E-state index contributed by atoms with van der Waals surface area (Å²) in [6, 6.07) is 11.7. The van der Waals surface area contributed by atoms with Gasteiger partial charge >= 0.3 is 5.69 Å². The molecule has 0 atom stereocenters. The summed E-state index contributed by atoms with van der Waals surface area (Å²) in [6.45, 7) is 2.20. The Morgan fingerprint density at radius 1 is 1.26 bits per heavy atom. The molecule has 0 aliphatic rings. The number of fused-ring (bicyclic) bond motifs is 1. The van der Waals surface area contributed by atoms with Crippen LogP contribution in [0.1, 0.15) is 17.7 Å². The van der Waals surface area contributed by atoms with Crippen LogP contribution in [-0.4, -0.2) is 9.55 Å². The third kappa shape index (κ3) is 2.71. The summed E-state index contributed by atoms with van der Waals surface area (Å²) in [4.78, 5) is 29.4. The predicted octanol–water partition coefficient (Wildman–Crippen LogP) is 3.03. The van der Waals surface area contributed by atoms with Gasteiger partial charge in [0, 0.05) is 23.4 Å². The van der Waals surface area contributed by atoms with Crippen LogP contribution in [0.2, 0.25) is 0 Å². The number of thiophene rings is 1. The molecule has 0 saturated carbocycles. The van der Waals surface area contributed by atoms with Crippen molar-refractivity contribution < 1.29 is 0 Å². The van der Waals surface area contributed by atoms with Crippen LogP contribution in [0.15, 0.2) is 39.9 Å². The van der Waals surface area contributed by atoms with E-state index in [0.717, 1.165) is 16.0 Å². The summed E-state index contributed by atoms with van der Waals surface area (Å²) in [5, 5.41) is 9.18. The minimum Gasteiger partial charge on any atom is -0.298 e. The van der Waals surface area contributed by atoms with Crippen molar-refractivity contribution in [3.8, 4) is 17.2 Å². The smallest absolute Gasteiger partial charge is 0.298 e. The number of nitrogens with zero attached hydrogens (tertiary/aromatic N) is 2. The van der Waals surface area contributed by atoms with Gasteiger partial charge in [-0.15, -0.1) is 11.3 Å². The molecule has 2 aromatic heterocycles. The van der Waals surface area contributed by atoms with Crippen molar-refractivity contribution in [1.29, 1.82) is 5.26 Å². The SMILES string of the molecule is Cc1sc2[nH]c(=O)n(CCCC#N)c(=O)c2c1-c1ccccc1. The van der Waals surface area contributed by atoms with Crippen molar-refractivity contribution in [3.05, 3.63) is 56.0 Å². The Morgan fingerprint density at radius 2 is 2.00 bits per heavy atom. The van der Waals surface area contributed by atoms with Crippen molar-refractivity contribution in [1.82, 2.24) is 9.55 Å². The fourth-order valence-corrected chi connectivity index (χ4v) is 3.76. The number of aromatic nitrogens is 2. The summed E-state index contributed by atoms with van der Waals surface area (Å²) in [6.07, 6.45) is 0.799. The minimum atomic E-state index is -0.415. The molecule has 1 N–H and O–H groups in total. The van der Waals surface area contributed by atoms with Gasteiger partial charge in [0.1, 0.15) is 4.83 Å². The molecule has 0 unspecified atom stereocenters. The van der Waals surface area contributed by atoms with E-state index in [1.165, 1.54) is 15.9 Å². The van der Waals surface area contributed by atoms with Crippen molar-refractivity contribution in [2.24, 2.45) is 0 Å². The van der Waals surface area contributed by atoms with E-state index in [1.807, 2.05) is 43.3 Å². The van der Waals surface area contributed by atoms with Crippen LogP contribution in [0.25, 0.3) is 21.3 Å². The number of unbranched alkanes of at least 4 members (excludes halogenated alkanes) is 1. The Hall–Kier alpha value is -2.65. The fourth-order valence-electron chi connectivity index (χ4n) is 2.70. The molecular formula is C17H15N3O2S. The molecular weight excluding hydrogens is 310 g/mol. The zero-order valence-electron chi connectivity index (χ0n) is 12.6. The highest BCUT2D eigenvalue weighted by Crippen LogP contribution is 2.34. The largest absolute Gasteiger partial charge is 0.329 e. The second kappa shape index (κ2) is 6.23. The summed E-state index contributed by atoms with van der Waals surface area (Å²) in [7, 11) is 0. The Kier molecular flexibility index (Phi) is 4.13. The lowest BCUT2D eigenvalue weighted by Gasteiger charge is -2.05. The first-order valence-electron chi connectivity index (χ1n) is 7.32. The van der Waals surface area contributed by atoms with Crippen LogP contribution < -0.4 is 11.2 Å². The molecule has 0 saturated heterocycles. The third-order valence-corrected chi connectivity index (χ3v) is 4.76. The molecule has 0 radical (unpaired) electrons. The molecule has 116 valence electrons. The number of hydrogen-bond donors (Lipinski definition) is 1. The first-order valence-corrected chi connectivity index (χ1v) is 8.13. The maximum Gasteiger partial charge on any atom is 0.329 e. The first-order chi connectivity index (χ1) is 11.1. The van der Waals surface area contributed by atoms with E-state index in [1.54, 1.807) is 0 Å². The number of hydrogen-bond acceptors (Lipinski definition) is 4. The summed E-state index contributed by atoms with van der Waals surface area (Å²) >= 11 is 1.42. The van der Waals surface area contributed by atoms with Gasteiger partial charge in [0.2, 0.25) is 0 Å². The van der Waals surface area contributed by atoms with Crippen LogP contribution in [0.4, 0.5) is 0 Å². The van der Waals surface area contributed by atoms with Gasteiger partial charge in [0.15, 0.2) is 0 Å². The maximum absolute atomic E-state index is 12.8. The molecule has 3 aromatic rings. The summed E-state index contributed by atoms with van der Waals surface area (Å²) in [5.41, 5.74) is 1.14. The molecule has 0 aliphatic heterocycles. The molecule has 3 rings (SSSR count). The lowest BCUT2D eigenvalue weighted by molar-refractivity contribution is 0.605. The van der Waals surface area contributed by atoms with Crippen LogP contribution >= 0.6 is 11.3 Å². The highest BCUT2D eigenvalue weighted by Gasteiger charge is 2.17. The van der Waals surface area contributed by atoms with E-state index in [9.17, 15) is 9.59 Å². The second-order valence-corrected chi connectivity index (χ2v) is 6.48.